The minimum Gasteiger partial charge on any atom is -0.477 e. The van der Waals surface area contributed by atoms with Crippen LogP contribution < -0.4 is 10.1 Å². The summed E-state index contributed by atoms with van der Waals surface area (Å²) in [5, 5.41) is 3.42. The van der Waals surface area contributed by atoms with Crippen molar-refractivity contribution in [1.29, 1.82) is 0 Å². The molecule has 1 aromatic heterocycles. The normalized spacial score (nSPS) is 15.2. The van der Waals surface area contributed by atoms with E-state index in [1.807, 2.05) is 0 Å². The van der Waals surface area contributed by atoms with Gasteiger partial charge in [0.2, 0.25) is 5.88 Å². The van der Waals surface area contributed by atoms with Crippen molar-refractivity contribution in [2.45, 2.75) is 45.7 Å². The molecule has 17 heavy (non-hydrogen) atoms. The number of ether oxygens (including phenoxy) is 1. The average molecular weight is 235 g/mol. The molecule has 0 radical (unpaired) electrons. The fourth-order valence-corrected chi connectivity index (χ4v) is 1.48. The molecule has 0 bridgehead atoms. The minimum atomic E-state index is 0.640. The molecular weight excluding hydrogens is 214 g/mol. The van der Waals surface area contributed by atoms with Crippen LogP contribution in [0.4, 0.5) is 0 Å². The summed E-state index contributed by atoms with van der Waals surface area (Å²) >= 11 is 0. The molecule has 1 saturated carbocycles. The van der Waals surface area contributed by atoms with Gasteiger partial charge < -0.3 is 10.1 Å². The summed E-state index contributed by atoms with van der Waals surface area (Å²) in [7, 11) is 0. The molecule has 1 aliphatic carbocycles. The van der Waals surface area contributed by atoms with Crippen molar-refractivity contribution in [1.82, 2.24) is 15.3 Å². The summed E-state index contributed by atoms with van der Waals surface area (Å²) in [6, 6.07) is 0.697. The van der Waals surface area contributed by atoms with E-state index in [0.717, 1.165) is 18.7 Å². The second-order valence-electron chi connectivity index (χ2n) is 5.03. The Balaban J connectivity index is 1.78. The van der Waals surface area contributed by atoms with E-state index in [0.29, 0.717) is 24.4 Å². The third kappa shape index (κ3) is 4.69. The van der Waals surface area contributed by atoms with E-state index in [1.54, 1.807) is 12.4 Å². The van der Waals surface area contributed by atoms with E-state index in [9.17, 15) is 0 Å². The topological polar surface area (TPSA) is 47.0 Å². The van der Waals surface area contributed by atoms with E-state index in [-0.39, 0.29) is 0 Å². The summed E-state index contributed by atoms with van der Waals surface area (Å²) in [6.45, 7) is 5.88. The molecule has 0 aromatic carbocycles. The van der Waals surface area contributed by atoms with E-state index < -0.39 is 0 Å². The molecule has 0 spiro atoms. The first-order valence-corrected chi connectivity index (χ1v) is 6.41. The molecule has 1 aromatic rings. The molecule has 1 heterocycles. The molecule has 0 saturated heterocycles. The zero-order chi connectivity index (χ0) is 12.1. The predicted molar refractivity (Wildman–Crippen MR) is 66.8 cm³/mol. The lowest BCUT2D eigenvalue weighted by Gasteiger charge is -2.08. The van der Waals surface area contributed by atoms with Gasteiger partial charge in [-0.05, 0) is 25.2 Å². The van der Waals surface area contributed by atoms with E-state index in [4.69, 9.17) is 4.74 Å². The average Bonchev–Trinajstić information content (AvgIpc) is 3.10. The van der Waals surface area contributed by atoms with Crippen molar-refractivity contribution in [3.63, 3.8) is 0 Å². The highest BCUT2D eigenvalue weighted by molar-refractivity contribution is 5.08. The molecule has 1 fully saturated rings. The molecule has 0 aliphatic heterocycles. The summed E-state index contributed by atoms with van der Waals surface area (Å²) in [5.74, 6) is 1.29. The highest BCUT2D eigenvalue weighted by atomic mass is 16.5. The van der Waals surface area contributed by atoms with Crippen molar-refractivity contribution >= 4 is 0 Å². The van der Waals surface area contributed by atoms with Gasteiger partial charge in [-0.15, -0.1) is 0 Å². The first kappa shape index (κ1) is 12.3. The van der Waals surface area contributed by atoms with Crippen LogP contribution in [-0.4, -0.2) is 22.6 Å². The van der Waals surface area contributed by atoms with Gasteiger partial charge in [-0.3, -0.25) is 4.98 Å². The molecule has 2 rings (SSSR count). The highest BCUT2D eigenvalue weighted by Gasteiger charge is 2.20. The van der Waals surface area contributed by atoms with Crippen LogP contribution in [0.3, 0.4) is 0 Å². The van der Waals surface area contributed by atoms with Gasteiger partial charge >= 0.3 is 0 Å². The molecule has 4 nitrogen and oxygen atoms in total. The van der Waals surface area contributed by atoms with Crippen molar-refractivity contribution in [2.24, 2.45) is 5.92 Å². The molecule has 0 amide bonds. The zero-order valence-corrected chi connectivity index (χ0v) is 10.6. The number of nitrogens with one attached hydrogen (secondary N) is 1. The standard InChI is InChI=1S/C13H21N3O/c1-10(2)5-6-17-13-9-14-7-12(16-13)8-15-11-3-4-11/h7,9-11,15H,3-6,8H2,1-2H3. The Kier molecular flexibility index (Phi) is 4.31. The second-order valence-corrected chi connectivity index (χ2v) is 5.03. The Bertz CT molecular complexity index is 350. The zero-order valence-electron chi connectivity index (χ0n) is 10.6. The second kappa shape index (κ2) is 5.96. The van der Waals surface area contributed by atoms with Gasteiger partial charge in [0, 0.05) is 18.8 Å². The Hall–Kier alpha value is -1.16. The third-order valence-corrected chi connectivity index (χ3v) is 2.76. The lowest BCUT2D eigenvalue weighted by molar-refractivity contribution is 0.277. The number of rotatable bonds is 7. The molecule has 94 valence electrons. The Morgan fingerprint density at radius 3 is 2.94 bits per heavy atom. The van der Waals surface area contributed by atoms with E-state index in [2.05, 4.69) is 29.1 Å². The molecule has 4 heteroatoms. The summed E-state index contributed by atoms with van der Waals surface area (Å²) < 4.78 is 5.58. The summed E-state index contributed by atoms with van der Waals surface area (Å²) in [5.41, 5.74) is 0.957. The van der Waals surface area contributed by atoms with Crippen LogP contribution in [0.1, 0.15) is 38.8 Å². The number of nitrogens with zero attached hydrogens (tertiary/aromatic N) is 2. The van der Waals surface area contributed by atoms with Crippen molar-refractivity contribution < 1.29 is 4.74 Å². The number of aromatic nitrogens is 2. The SMILES string of the molecule is CC(C)CCOc1cncc(CNC2CC2)n1. The van der Waals surface area contributed by atoms with Gasteiger partial charge in [-0.25, -0.2) is 4.98 Å². The van der Waals surface area contributed by atoms with Gasteiger partial charge in [0.1, 0.15) is 0 Å². The quantitative estimate of drug-likeness (QED) is 0.786. The maximum atomic E-state index is 5.58. The van der Waals surface area contributed by atoms with Gasteiger partial charge in [-0.2, -0.15) is 0 Å². The first-order valence-electron chi connectivity index (χ1n) is 6.41. The maximum Gasteiger partial charge on any atom is 0.232 e. The van der Waals surface area contributed by atoms with Crippen molar-refractivity contribution in [3.05, 3.63) is 18.1 Å². The molecule has 1 N–H and O–H groups in total. The summed E-state index contributed by atoms with van der Waals surface area (Å²) in [6.07, 6.45) is 7.11. The molecule has 1 aliphatic rings. The fourth-order valence-electron chi connectivity index (χ4n) is 1.48. The van der Waals surface area contributed by atoms with Crippen LogP contribution in [0.2, 0.25) is 0 Å². The lowest BCUT2D eigenvalue weighted by atomic mass is 10.1. The number of hydrogen-bond donors (Lipinski definition) is 1. The minimum absolute atomic E-state index is 0.640. The van der Waals surface area contributed by atoms with Crippen molar-refractivity contribution in [2.75, 3.05) is 6.61 Å². The van der Waals surface area contributed by atoms with Crippen LogP contribution in [0.25, 0.3) is 0 Å². The smallest absolute Gasteiger partial charge is 0.232 e. The van der Waals surface area contributed by atoms with Crippen LogP contribution >= 0.6 is 0 Å². The fraction of sp³-hybridized carbons (Fsp3) is 0.692. The van der Waals surface area contributed by atoms with Crippen molar-refractivity contribution in [3.8, 4) is 5.88 Å². The van der Waals surface area contributed by atoms with E-state index >= 15 is 0 Å². The monoisotopic (exact) mass is 235 g/mol. The number of hydrogen-bond acceptors (Lipinski definition) is 4. The van der Waals surface area contributed by atoms with E-state index in [1.165, 1.54) is 12.8 Å². The predicted octanol–water partition coefficient (Wildman–Crippen LogP) is 2.15. The molecule has 0 unspecified atom stereocenters. The Labute approximate surface area is 103 Å². The van der Waals surface area contributed by atoms with Gasteiger partial charge in [0.05, 0.1) is 18.5 Å². The molecule has 0 atom stereocenters. The van der Waals surface area contributed by atoms with Gasteiger partial charge in [-0.1, -0.05) is 13.8 Å². The van der Waals surface area contributed by atoms with Crippen LogP contribution in [-0.2, 0) is 6.54 Å². The Morgan fingerprint density at radius 1 is 1.41 bits per heavy atom. The summed E-state index contributed by atoms with van der Waals surface area (Å²) in [4.78, 5) is 8.58. The highest BCUT2D eigenvalue weighted by Crippen LogP contribution is 2.19. The van der Waals surface area contributed by atoms with Gasteiger partial charge in [0.25, 0.3) is 0 Å². The largest absolute Gasteiger partial charge is 0.477 e. The molecular formula is C13H21N3O. The van der Waals surface area contributed by atoms with Crippen LogP contribution in [0.5, 0.6) is 5.88 Å². The van der Waals surface area contributed by atoms with Crippen LogP contribution in [0, 0.1) is 5.92 Å². The lowest BCUT2D eigenvalue weighted by Crippen LogP contribution is -2.16. The first-order chi connectivity index (χ1) is 8.24. The van der Waals surface area contributed by atoms with Crippen LogP contribution in [0.15, 0.2) is 12.4 Å². The third-order valence-electron chi connectivity index (χ3n) is 2.76. The van der Waals surface area contributed by atoms with Gasteiger partial charge in [0.15, 0.2) is 0 Å². The Morgan fingerprint density at radius 2 is 2.24 bits per heavy atom. The maximum absolute atomic E-state index is 5.58.